The van der Waals surface area contributed by atoms with E-state index in [1.54, 1.807) is 0 Å². The maximum Gasteiger partial charge on any atom is 0.510 e. The number of carbonyl (C=O) groups is 2. The van der Waals surface area contributed by atoms with Crippen molar-refractivity contribution >= 4 is 12.1 Å². The third-order valence-electron chi connectivity index (χ3n) is 3.07. The lowest BCUT2D eigenvalue weighted by atomic mass is 10.2. The number of alkyl halides is 3. The first-order valence-corrected chi connectivity index (χ1v) is 6.76. The van der Waals surface area contributed by atoms with Crippen LogP contribution >= 0.6 is 0 Å². The van der Waals surface area contributed by atoms with E-state index in [9.17, 15) is 27.6 Å². The smallest absolute Gasteiger partial charge is 0.451 e. The highest BCUT2D eigenvalue weighted by Gasteiger charge is 2.42. The molecule has 0 aliphatic rings. The fraction of sp³-hybridized carbons (Fsp3) is 0.462. The SMILES string of the molecule is COC(=O)OCOc1c(C(=O)N(CN)[C@H](C)C(F)(F)F)[nH]ccc1=O. The normalized spacial score (nSPS) is 12.2. The lowest BCUT2D eigenvalue weighted by molar-refractivity contribution is -0.171. The molecule has 1 rings (SSSR count). The van der Waals surface area contributed by atoms with Crippen LogP contribution in [0.3, 0.4) is 0 Å². The average molecular weight is 367 g/mol. The van der Waals surface area contributed by atoms with Crippen LogP contribution in [0, 0.1) is 0 Å². The molecule has 1 aromatic rings. The van der Waals surface area contributed by atoms with E-state index >= 15 is 0 Å². The Morgan fingerprint density at radius 3 is 2.56 bits per heavy atom. The maximum atomic E-state index is 12.8. The van der Waals surface area contributed by atoms with E-state index in [-0.39, 0.29) is 0 Å². The zero-order chi connectivity index (χ0) is 19.2. The van der Waals surface area contributed by atoms with Crippen molar-refractivity contribution in [3.05, 3.63) is 28.2 Å². The van der Waals surface area contributed by atoms with Crippen LogP contribution in [0.2, 0.25) is 0 Å². The Labute approximate surface area is 139 Å². The standard InChI is InChI=1S/C13H16F3N3O6/c1-7(13(14,15)16)19(5-17)11(21)9-10(8(20)3-4-18-9)24-6-25-12(22)23-2/h3-4,7H,5-6,17H2,1-2H3,(H,18,20)/t7-/m1/s1. The number of hydrogen-bond acceptors (Lipinski definition) is 7. The molecule has 0 aromatic carbocycles. The number of halogens is 3. The van der Waals surface area contributed by atoms with Crippen molar-refractivity contribution in [2.75, 3.05) is 20.6 Å². The molecule has 0 fully saturated rings. The summed E-state index contributed by atoms with van der Waals surface area (Å²) < 4.78 is 52.0. The Balaban J connectivity index is 3.10. The van der Waals surface area contributed by atoms with Gasteiger partial charge in [0.2, 0.25) is 12.2 Å². The van der Waals surface area contributed by atoms with Gasteiger partial charge in [0.25, 0.3) is 5.91 Å². The minimum absolute atomic E-state index is 0.305. The Morgan fingerprint density at radius 1 is 1.40 bits per heavy atom. The summed E-state index contributed by atoms with van der Waals surface area (Å²) in [6, 6.07) is -1.22. The number of rotatable bonds is 6. The van der Waals surface area contributed by atoms with Gasteiger partial charge in [-0.05, 0) is 6.92 Å². The fourth-order valence-electron chi connectivity index (χ4n) is 1.70. The van der Waals surface area contributed by atoms with Crippen LogP contribution in [0.1, 0.15) is 17.4 Å². The molecule has 1 aromatic heterocycles. The number of methoxy groups -OCH3 is 1. The average Bonchev–Trinajstić information content (AvgIpc) is 2.55. The van der Waals surface area contributed by atoms with Gasteiger partial charge in [0.1, 0.15) is 6.04 Å². The molecule has 12 heteroatoms. The molecule has 1 atom stereocenters. The number of H-pyrrole nitrogens is 1. The second kappa shape index (κ2) is 8.37. The van der Waals surface area contributed by atoms with Crippen LogP contribution in [-0.4, -0.2) is 54.7 Å². The topological polar surface area (TPSA) is 124 Å². The summed E-state index contributed by atoms with van der Waals surface area (Å²) in [6.07, 6.45) is -4.79. The molecular weight excluding hydrogens is 351 g/mol. The first-order valence-electron chi connectivity index (χ1n) is 6.76. The molecule has 0 saturated heterocycles. The van der Waals surface area contributed by atoms with Crippen molar-refractivity contribution in [3.63, 3.8) is 0 Å². The van der Waals surface area contributed by atoms with Gasteiger partial charge in [-0.3, -0.25) is 9.59 Å². The molecule has 0 aliphatic heterocycles. The Kier molecular flexibility index (Phi) is 6.79. The van der Waals surface area contributed by atoms with Gasteiger partial charge in [-0.25, -0.2) is 4.79 Å². The molecule has 0 saturated carbocycles. The summed E-state index contributed by atoms with van der Waals surface area (Å²) in [5.74, 6) is -1.83. The molecule has 140 valence electrons. The van der Waals surface area contributed by atoms with Crippen molar-refractivity contribution in [3.8, 4) is 5.75 Å². The van der Waals surface area contributed by atoms with Gasteiger partial charge >= 0.3 is 12.3 Å². The van der Waals surface area contributed by atoms with Crippen LogP contribution in [0.4, 0.5) is 18.0 Å². The molecule has 3 N–H and O–H groups in total. The van der Waals surface area contributed by atoms with E-state index in [0.29, 0.717) is 4.90 Å². The summed E-state index contributed by atoms with van der Waals surface area (Å²) in [4.78, 5) is 37.7. The van der Waals surface area contributed by atoms with Crippen LogP contribution in [-0.2, 0) is 9.47 Å². The fourth-order valence-corrected chi connectivity index (χ4v) is 1.70. The predicted octanol–water partition coefficient (Wildman–Crippen LogP) is 0.803. The number of aromatic amines is 1. The summed E-state index contributed by atoms with van der Waals surface area (Å²) in [5.41, 5.74) is 3.86. The molecule has 0 unspecified atom stereocenters. The lowest BCUT2D eigenvalue weighted by Crippen LogP contribution is -2.50. The number of nitrogens with zero attached hydrogens (tertiary/aromatic N) is 1. The van der Waals surface area contributed by atoms with Gasteiger partial charge < -0.3 is 29.8 Å². The number of nitrogens with two attached hydrogens (primary N) is 1. The molecule has 9 nitrogen and oxygen atoms in total. The molecule has 1 heterocycles. The number of hydrogen-bond donors (Lipinski definition) is 2. The van der Waals surface area contributed by atoms with Gasteiger partial charge in [-0.2, -0.15) is 13.2 Å². The molecule has 0 radical (unpaired) electrons. The number of carbonyl (C=O) groups excluding carboxylic acids is 2. The minimum Gasteiger partial charge on any atom is -0.451 e. The summed E-state index contributed by atoms with van der Waals surface area (Å²) >= 11 is 0. The highest BCUT2D eigenvalue weighted by Crippen LogP contribution is 2.26. The van der Waals surface area contributed by atoms with E-state index in [2.05, 4.69) is 14.5 Å². The number of nitrogens with one attached hydrogen (secondary N) is 1. The van der Waals surface area contributed by atoms with Crippen LogP contribution < -0.4 is 15.9 Å². The van der Waals surface area contributed by atoms with Crippen LogP contribution in [0.15, 0.2) is 17.1 Å². The predicted molar refractivity (Wildman–Crippen MR) is 76.8 cm³/mol. The van der Waals surface area contributed by atoms with Gasteiger partial charge in [-0.1, -0.05) is 0 Å². The number of aromatic nitrogens is 1. The quantitative estimate of drug-likeness (QED) is 0.563. The van der Waals surface area contributed by atoms with Crippen LogP contribution in [0.5, 0.6) is 5.75 Å². The van der Waals surface area contributed by atoms with E-state index in [0.717, 1.165) is 26.3 Å². The van der Waals surface area contributed by atoms with E-state index in [1.807, 2.05) is 0 Å². The van der Waals surface area contributed by atoms with Gasteiger partial charge in [0, 0.05) is 12.3 Å². The Hall–Kier alpha value is -2.76. The van der Waals surface area contributed by atoms with E-state index in [4.69, 9.17) is 10.5 Å². The van der Waals surface area contributed by atoms with Crippen molar-refractivity contribution in [2.45, 2.75) is 19.1 Å². The minimum atomic E-state index is -4.72. The first kappa shape index (κ1) is 20.3. The van der Waals surface area contributed by atoms with E-state index < -0.39 is 54.6 Å². The third kappa shape index (κ3) is 5.11. The van der Waals surface area contributed by atoms with Crippen molar-refractivity contribution in [1.82, 2.24) is 9.88 Å². The molecule has 0 bridgehead atoms. The zero-order valence-electron chi connectivity index (χ0n) is 13.3. The number of amides is 1. The van der Waals surface area contributed by atoms with Crippen LogP contribution in [0.25, 0.3) is 0 Å². The van der Waals surface area contributed by atoms with Crippen molar-refractivity contribution < 1.29 is 37.0 Å². The molecule has 1 amide bonds. The van der Waals surface area contributed by atoms with Gasteiger partial charge in [0.05, 0.1) is 13.8 Å². The van der Waals surface area contributed by atoms with Crippen molar-refractivity contribution in [1.29, 1.82) is 0 Å². The summed E-state index contributed by atoms with van der Waals surface area (Å²) in [7, 11) is 1.03. The monoisotopic (exact) mass is 367 g/mol. The Morgan fingerprint density at radius 2 is 2.04 bits per heavy atom. The highest BCUT2D eigenvalue weighted by atomic mass is 19.4. The molecule has 0 aliphatic carbocycles. The van der Waals surface area contributed by atoms with Gasteiger partial charge in [-0.15, -0.1) is 0 Å². The number of ether oxygens (including phenoxy) is 3. The van der Waals surface area contributed by atoms with E-state index in [1.165, 1.54) is 0 Å². The second-order valence-electron chi connectivity index (χ2n) is 4.58. The Bertz CT molecular complexity index is 676. The van der Waals surface area contributed by atoms with Gasteiger partial charge in [0.15, 0.2) is 11.4 Å². The first-order chi connectivity index (χ1) is 11.6. The largest absolute Gasteiger partial charge is 0.510 e. The summed E-state index contributed by atoms with van der Waals surface area (Å²) in [6.45, 7) is -0.807. The number of pyridine rings is 1. The summed E-state index contributed by atoms with van der Waals surface area (Å²) in [5, 5.41) is 0. The second-order valence-corrected chi connectivity index (χ2v) is 4.58. The van der Waals surface area contributed by atoms with Crippen molar-refractivity contribution in [2.24, 2.45) is 5.73 Å². The molecule has 0 spiro atoms. The zero-order valence-corrected chi connectivity index (χ0v) is 13.3. The molecule has 25 heavy (non-hydrogen) atoms. The lowest BCUT2D eigenvalue weighted by Gasteiger charge is -2.29. The molecular formula is C13H16F3N3O6. The maximum absolute atomic E-state index is 12.8. The third-order valence-corrected chi connectivity index (χ3v) is 3.07. The highest BCUT2D eigenvalue weighted by molar-refractivity contribution is 5.95.